The standard InChI is InChI=1S/C9H13F3N4S/c1-5-6(7(13)17)8(16(2)15-5)14-4-3-9(10,11)12/h14H,3-4H2,1-2H3,(H2,13,17). The van der Waals surface area contributed by atoms with Crippen molar-refractivity contribution in [3.8, 4) is 0 Å². The lowest BCUT2D eigenvalue weighted by molar-refractivity contribution is -0.131. The molecule has 0 unspecified atom stereocenters. The number of nitrogens with two attached hydrogens (primary N) is 1. The Morgan fingerprint density at radius 1 is 1.53 bits per heavy atom. The predicted molar refractivity (Wildman–Crippen MR) is 63.0 cm³/mol. The molecule has 0 amide bonds. The third kappa shape index (κ3) is 3.58. The van der Waals surface area contributed by atoms with Gasteiger partial charge in [0.15, 0.2) is 0 Å². The molecular formula is C9H13F3N4S. The van der Waals surface area contributed by atoms with Crippen molar-refractivity contribution >= 4 is 23.0 Å². The minimum atomic E-state index is -4.19. The van der Waals surface area contributed by atoms with Crippen molar-refractivity contribution in [2.75, 3.05) is 11.9 Å². The van der Waals surface area contributed by atoms with E-state index >= 15 is 0 Å². The van der Waals surface area contributed by atoms with Gasteiger partial charge in [0.05, 0.1) is 17.7 Å². The second-order valence-corrected chi connectivity index (χ2v) is 4.03. The lowest BCUT2D eigenvalue weighted by atomic mass is 10.2. The molecule has 0 saturated carbocycles. The number of hydrogen-bond donors (Lipinski definition) is 2. The van der Waals surface area contributed by atoms with E-state index in [2.05, 4.69) is 10.4 Å². The van der Waals surface area contributed by atoms with Crippen LogP contribution in [0.3, 0.4) is 0 Å². The number of aromatic nitrogens is 2. The van der Waals surface area contributed by atoms with Crippen LogP contribution in [0.25, 0.3) is 0 Å². The second-order valence-electron chi connectivity index (χ2n) is 3.59. The van der Waals surface area contributed by atoms with Crippen LogP contribution in [0, 0.1) is 6.92 Å². The molecule has 0 atom stereocenters. The van der Waals surface area contributed by atoms with Crippen molar-refractivity contribution in [2.45, 2.75) is 19.5 Å². The van der Waals surface area contributed by atoms with Gasteiger partial charge in [-0.15, -0.1) is 0 Å². The summed E-state index contributed by atoms with van der Waals surface area (Å²) in [5, 5.41) is 6.71. The summed E-state index contributed by atoms with van der Waals surface area (Å²) in [4.78, 5) is 0.116. The maximum Gasteiger partial charge on any atom is 0.390 e. The smallest absolute Gasteiger partial charge is 0.389 e. The number of rotatable bonds is 4. The van der Waals surface area contributed by atoms with Crippen molar-refractivity contribution in [1.82, 2.24) is 9.78 Å². The number of hydrogen-bond acceptors (Lipinski definition) is 3. The summed E-state index contributed by atoms with van der Waals surface area (Å²) >= 11 is 4.84. The molecule has 17 heavy (non-hydrogen) atoms. The molecule has 0 aliphatic carbocycles. The first-order valence-electron chi connectivity index (χ1n) is 4.86. The summed E-state index contributed by atoms with van der Waals surface area (Å²) in [6, 6.07) is 0. The Hall–Kier alpha value is -1.31. The first-order valence-corrected chi connectivity index (χ1v) is 5.27. The molecule has 0 aromatic carbocycles. The zero-order chi connectivity index (χ0) is 13.2. The molecule has 1 heterocycles. The highest BCUT2D eigenvalue weighted by molar-refractivity contribution is 7.80. The Morgan fingerprint density at radius 3 is 2.59 bits per heavy atom. The zero-order valence-electron chi connectivity index (χ0n) is 9.43. The Kier molecular flexibility index (Phi) is 3.97. The maximum absolute atomic E-state index is 12.0. The fourth-order valence-corrected chi connectivity index (χ4v) is 1.72. The van der Waals surface area contributed by atoms with Crippen LogP contribution in [0.2, 0.25) is 0 Å². The van der Waals surface area contributed by atoms with Crippen LogP contribution in [0.5, 0.6) is 0 Å². The summed E-state index contributed by atoms with van der Waals surface area (Å²) < 4.78 is 37.5. The second kappa shape index (κ2) is 4.91. The largest absolute Gasteiger partial charge is 0.390 e. The van der Waals surface area contributed by atoms with Gasteiger partial charge in [-0.3, -0.25) is 4.68 Å². The fourth-order valence-electron chi connectivity index (χ4n) is 1.48. The van der Waals surface area contributed by atoms with Crippen molar-refractivity contribution in [2.24, 2.45) is 12.8 Å². The highest BCUT2D eigenvalue weighted by Crippen LogP contribution is 2.22. The highest BCUT2D eigenvalue weighted by atomic mass is 32.1. The van der Waals surface area contributed by atoms with Gasteiger partial charge in [0.2, 0.25) is 0 Å². The Balaban J connectivity index is 2.80. The van der Waals surface area contributed by atoms with Gasteiger partial charge in [-0.25, -0.2) is 0 Å². The maximum atomic E-state index is 12.0. The molecular weight excluding hydrogens is 253 g/mol. The zero-order valence-corrected chi connectivity index (χ0v) is 10.2. The van der Waals surface area contributed by atoms with Gasteiger partial charge in [0.1, 0.15) is 10.8 Å². The third-order valence-corrected chi connectivity index (χ3v) is 2.37. The molecule has 0 bridgehead atoms. The first kappa shape index (κ1) is 13.8. The number of thiocarbonyl (C=S) groups is 1. The van der Waals surface area contributed by atoms with Crippen LogP contribution in [0.1, 0.15) is 17.7 Å². The molecule has 0 fully saturated rings. The Morgan fingerprint density at radius 2 is 2.12 bits per heavy atom. The Bertz CT molecular complexity index is 425. The van der Waals surface area contributed by atoms with Gasteiger partial charge in [0.25, 0.3) is 0 Å². The van der Waals surface area contributed by atoms with Gasteiger partial charge >= 0.3 is 6.18 Å². The van der Waals surface area contributed by atoms with Crippen LogP contribution in [-0.2, 0) is 7.05 Å². The molecule has 0 saturated heterocycles. The van der Waals surface area contributed by atoms with Crippen LogP contribution >= 0.6 is 12.2 Å². The SMILES string of the molecule is Cc1nn(C)c(NCCC(F)(F)F)c1C(N)=S. The third-order valence-electron chi connectivity index (χ3n) is 2.17. The summed E-state index contributed by atoms with van der Waals surface area (Å²) in [7, 11) is 1.62. The van der Waals surface area contributed by atoms with E-state index in [-0.39, 0.29) is 11.5 Å². The lowest BCUT2D eigenvalue weighted by Crippen LogP contribution is -2.18. The van der Waals surface area contributed by atoms with Gasteiger partial charge in [-0.05, 0) is 6.92 Å². The monoisotopic (exact) mass is 266 g/mol. The van der Waals surface area contributed by atoms with Gasteiger partial charge in [-0.2, -0.15) is 18.3 Å². The van der Waals surface area contributed by atoms with Crippen molar-refractivity contribution < 1.29 is 13.2 Å². The van der Waals surface area contributed by atoms with Crippen molar-refractivity contribution in [3.63, 3.8) is 0 Å². The lowest BCUT2D eigenvalue weighted by Gasteiger charge is -2.10. The molecule has 1 aromatic rings. The van der Waals surface area contributed by atoms with Crippen LogP contribution in [0.15, 0.2) is 0 Å². The predicted octanol–water partition coefficient (Wildman–Crippen LogP) is 1.73. The summed E-state index contributed by atoms with van der Waals surface area (Å²) in [6.45, 7) is 1.46. The number of nitrogens with zero attached hydrogens (tertiary/aromatic N) is 2. The average Bonchev–Trinajstić information content (AvgIpc) is 2.39. The number of alkyl halides is 3. The molecule has 1 rings (SSSR count). The van der Waals surface area contributed by atoms with E-state index < -0.39 is 12.6 Å². The molecule has 8 heteroatoms. The molecule has 96 valence electrons. The number of anilines is 1. The Labute approximate surface area is 102 Å². The fraction of sp³-hybridized carbons (Fsp3) is 0.556. The van der Waals surface area contributed by atoms with E-state index in [9.17, 15) is 13.2 Å². The minimum Gasteiger partial charge on any atom is -0.389 e. The van der Waals surface area contributed by atoms with Crippen molar-refractivity contribution in [1.29, 1.82) is 0 Å². The summed E-state index contributed by atoms with van der Waals surface area (Å²) in [6.07, 6.45) is -5.11. The van der Waals surface area contributed by atoms with E-state index in [4.69, 9.17) is 18.0 Å². The van der Waals surface area contributed by atoms with Crippen LogP contribution in [0.4, 0.5) is 19.0 Å². The summed E-state index contributed by atoms with van der Waals surface area (Å²) in [5.74, 6) is 0.416. The number of halogens is 3. The highest BCUT2D eigenvalue weighted by Gasteiger charge is 2.26. The molecule has 0 spiro atoms. The summed E-state index contributed by atoms with van der Waals surface area (Å²) in [5.41, 5.74) is 6.58. The number of aryl methyl sites for hydroxylation is 2. The van der Waals surface area contributed by atoms with Gasteiger partial charge < -0.3 is 11.1 Å². The minimum absolute atomic E-state index is 0.116. The first-order chi connectivity index (χ1) is 7.72. The van der Waals surface area contributed by atoms with Crippen LogP contribution in [-0.4, -0.2) is 27.5 Å². The topological polar surface area (TPSA) is 55.9 Å². The molecule has 3 N–H and O–H groups in total. The van der Waals surface area contributed by atoms with E-state index in [1.165, 1.54) is 4.68 Å². The molecule has 0 aliphatic heterocycles. The quantitative estimate of drug-likeness (QED) is 0.815. The molecule has 1 aromatic heterocycles. The van der Waals surface area contributed by atoms with E-state index in [0.717, 1.165) is 0 Å². The van der Waals surface area contributed by atoms with Gasteiger partial charge in [0, 0.05) is 13.6 Å². The number of nitrogens with one attached hydrogen (secondary N) is 1. The average molecular weight is 266 g/mol. The molecule has 0 aliphatic rings. The van der Waals surface area contributed by atoms with E-state index in [1.54, 1.807) is 14.0 Å². The van der Waals surface area contributed by atoms with Crippen LogP contribution < -0.4 is 11.1 Å². The normalized spacial score (nSPS) is 11.6. The molecule has 4 nitrogen and oxygen atoms in total. The van der Waals surface area contributed by atoms with E-state index in [1.807, 2.05) is 0 Å². The van der Waals surface area contributed by atoms with Crippen molar-refractivity contribution in [3.05, 3.63) is 11.3 Å². The van der Waals surface area contributed by atoms with E-state index in [0.29, 0.717) is 17.1 Å². The molecule has 0 radical (unpaired) electrons. The van der Waals surface area contributed by atoms with Gasteiger partial charge in [-0.1, -0.05) is 12.2 Å².